The number of hydrogen-bond acceptors (Lipinski definition) is 3. The van der Waals surface area contributed by atoms with Gasteiger partial charge in [-0.05, 0) is 0 Å². The molecule has 0 aliphatic rings. The van der Waals surface area contributed by atoms with Crippen LogP contribution in [0.2, 0.25) is 0 Å². The highest BCUT2D eigenvalue weighted by atomic mass is 35.5. The lowest BCUT2D eigenvalue weighted by Crippen LogP contribution is -2.19. The van der Waals surface area contributed by atoms with Crippen LogP contribution in [-0.4, -0.2) is 22.4 Å². The molecule has 0 fully saturated rings. The van der Waals surface area contributed by atoms with Crippen molar-refractivity contribution in [2.75, 3.05) is 0 Å². The highest BCUT2D eigenvalue weighted by Crippen LogP contribution is 2.25. The van der Waals surface area contributed by atoms with E-state index in [0.29, 0.717) is 6.07 Å². The summed E-state index contributed by atoms with van der Waals surface area (Å²) < 4.78 is 52.6. The summed E-state index contributed by atoms with van der Waals surface area (Å²) in [4.78, 5) is 13.8. The van der Waals surface area contributed by atoms with E-state index in [1.54, 1.807) is 0 Å². The van der Waals surface area contributed by atoms with Gasteiger partial charge in [0.1, 0.15) is 5.82 Å². The van der Waals surface area contributed by atoms with E-state index in [-0.39, 0.29) is 5.56 Å². The maximum absolute atomic E-state index is 13.4. The average molecular weight is 288 g/mol. The number of rotatable bonds is 4. The van der Waals surface area contributed by atoms with Crippen molar-refractivity contribution in [3.05, 3.63) is 23.1 Å². The van der Waals surface area contributed by atoms with E-state index in [4.69, 9.17) is 16.7 Å². The molecule has 0 saturated heterocycles. The number of hydrogen-bond donors (Lipinski definition) is 1. The largest absolute Gasteiger partial charge is 0.574 e. The van der Waals surface area contributed by atoms with Crippen LogP contribution >= 0.6 is 11.6 Å². The second kappa shape index (κ2) is 5.38. The van der Waals surface area contributed by atoms with Crippen LogP contribution in [0.1, 0.15) is 11.3 Å². The van der Waals surface area contributed by atoms with E-state index in [9.17, 15) is 22.4 Å². The van der Waals surface area contributed by atoms with Gasteiger partial charge in [-0.25, -0.2) is 9.37 Å². The molecule has 9 heteroatoms. The zero-order valence-corrected chi connectivity index (χ0v) is 9.35. The number of carboxylic acids is 1. The van der Waals surface area contributed by atoms with Gasteiger partial charge in [-0.1, -0.05) is 0 Å². The summed E-state index contributed by atoms with van der Waals surface area (Å²) in [5.41, 5.74) is -0.676. The number of pyridine rings is 1. The van der Waals surface area contributed by atoms with Crippen molar-refractivity contribution in [2.45, 2.75) is 18.7 Å². The Balaban J connectivity index is 3.17. The van der Waals surface area contributed by atoms with Crippen molar-refractivity contribution in [3.8, 4) is 5.88 Å². The molecule has 0 bridgehead atoms. The fourth-order valence-electron chi connectivity index (χ4n) is 1.17. The van der Waals surface area contributed by atoms with Crippen molar-refractivity contribution in [1.29, 1.82) is 0 Å². The van der Waals surface area contributed by atoms with Gasteiger partial charge in [0.15, 0.2) is 0 Å². The molecule has 100 valence electrons. The van der Waals surface area contributed by atoms with E-state index in [1.807, 2.05) is 0 Å². The average Bonchev–Trinajstić information content (AvgIpc) is 2.13. The molecule has 1 rings (SSSR count). The van der Waals surface area contributed by atoms with Crippen molar-refractivity contribution in [2.24, 2.45) is 0 Å². The number of alkyl halides is 4. The molecule has 0 aliphatic carbocycles. The zero-order chi connectivity index (χ0) is 13.9. The topological polar surface area (TPSA) is 59.4 Å². The molecule has 0 radical (unpaired) electrons. The quantitative estimate of drug-likeness (QED) is 0.683. The molecule has 0 amide bonds. The first kappa shape index (κ1) is 14.5. The number of halogens is 5. The van der Waals surface area contributed by atoms with Gasteiger partial charge in [0.25, 0.3) is 0 Å². The Kier molecular flexibility index (Phi) is 4.33. The van der Waals surface area contributed by atoms with Crippen LogP contribution in [0.15, 0.2) is 6.07 Å². The van der Waals surface area contributed by atoms with Gasteiger partial charge in [-0.15, -0.1) is 24.8 Å². The molecule has 1 aromatic heterocycles. The van der Waals surface area contributed by atoms with E-state index < -0.39 is 42.0 Å². The molecule has 0 atom stereocenters. The Morgan fingerprint density at radius 2 is 2.11 bits per heavy atom. The Hall–Kier alpha value is -1.57. The fraction of sp³-hybridized carbons (Fsp3) is 0.333. The third kappa shape index (κ3) is 4.02. The third-order valence-electron chi connectivity index (χ3n) is 1.80. The first-order chi connectivity index (χ1) is 8.23. The minimum absolute atomic E-state index is 0.270. The zero-order valence-electron chi connectivity index (χ0n) is 8.59. The molecule has 0 aromatic carbocycles. The van der Waals surface area contributed by atoms with Crippen LogP contribution in [0, 0.1) is 5.82 Å². The van der Waals surface area contributed by atoms with Gasteiger partial charge >= 0.3 is 12.3 Å². The van der Waals surface area contributed by atoms with E-state index in [1.165, 1.54) is 0 Å². The molecular formula is C9H6ClF4NO3. The molecule has 18 heavy (non-hydrogen) atoms. The molecule has 0 spiro atoms. The highest BCUT2D eigenvalue weighted by molar-refractivity contribution is 6.17. The lowest BCUT2D eigenvalue weighted by atomic mass is 10.1. The molecular weight excluding hydrogens is 282 g/mol. The maximum atomic E-state index is 13.4. The number of carbonyl (C=O) groups is 1. The smallest absolute Gasteiger partial charge is 0.481 e. The Bertz CT molecular complexity index is 464. The Labute approximate surface area is 103 Å². The summed E-state index contributed by atoms with van der Waals surface area (Å²) in [5.74, 6) is -3.95. The summed E-state index contributed by atoms with van der Waals surface area (Å²) in [6, 6.07) is 0.399. The predicted molar refractivity (Wildman–Crippen MR) is 51.8 cm³/mol. The number of ether oxygens (including phenoxy) is 1. The fourth-order valence-corrected chi connectivity index (χ4v) is 1.45. The van der Waals surface area contributed by atoms with Gasteiger partial charge in [0.2, 0.25) is 5.88 Å². The van der Waals surface area contributed by atoms with Crippen LogP contribution < -0.4 is 4.74 Å². The Morgan fingerprint density at radius 1 is 1.50 bits per heavy atom. The van der Waals surface area contributed by atoms with Crippen molar-refractivity contribution in [3.63, 3.8) is 0 Å². The molecule has 1 aromatic rings. The summed E-state index contributed by atoms with van der Waals surface area (Å²) >= 11 is 5.37. The summed E-state index contributed by atoms with van der Waals surface area (Å²) in [7, 11) is 0. The lowest BCUT2D eigenvalue weighted by Gasteiger charge is -2.11. The second-order valence-electron chi connectivity index (χ2n) is 3.12. The number of nitrogens with zero attached hydrogens (tertiary/aromatic N) is 1. The second-order valence-corrected chi connectivity index (χ2v) is 3.39. The van der Waals surface area contributed by atoms with Gasteiger partial charge in [0.05, 0.1) is 18.0 Å². The molecule has 4 nitrogen and oxygen atoms in total. The van der Waals surface area contributed by atoms with Crippen LogP contribution in [0.4, 0.5) is 17.6 Å². The summed E-state index contributed by atoms with van der Waals surface area (Å²) in [6.45, 7) is 0. The van der Waals surface area contributed by atoms with Gasteiger partial charge in [-0.2, -0.15) is 0 Å². The number of carboxylic acid groups (broad SMARTS) is 1. The van der Waals surface area contributed by atoms with Gasteiger partial charge < -0.3 is 9.84 Å². The first-order valence-corrected chi connectivity index (χ1v) is 4.98. The first-order valence-electron chi connectivity index (χ1n) is 4.44. The Morgan fingerprint density at radius 3 is 2.56 bits per heavy atom. The molecule has 1 N–H and O–H groups in total. The summed E-state index contributed by atoms with van der Waals surface area (Å²) in [6.07, 6.45) is -5.80. The highest BCUT2D eigenvalue weighted by Gasteiger charge is 2.32. The molecule has 0 aliphatic heterocycles. The number of aromatic nitrogens is 1. The minimum atomic E-state index is -5.04. The van der Waals surface area contributed by atoms with Crippen LogP contribution in [-0.2, 0) is 17.1 Å². The monoisotopic (exact) mass is 287 g/mol. The third-order valence-corrected chi connectivity index (χ3v) is 2.07. The van der Waals surface area contributed by atoms with Crippen LogP contribution in [0.25, 0.3) is 0 Å². The van der Waals surface area contributed by atoms with Crippen LogP contribution in [0.3, 0.4) is 0 Å². The van der Waals surface area contributed by atoms with Crippen molar-refractivity contribution in [1.82, 2.24) is 4.98 Å². The van der Waals surface area contributed by atoms with Crippen molar-refractivity contribution >= 4 is 17.6 Å². The lowest BCUT2D eigenvalue weighted by molar-refractivity contribution is -0.276. The normalized spacial score (nSPS) is 11.4. The predicted octanol–water partition coefficient (Wildman–Crippen LogP) is 2.49. The SMILES string of the molecule is O=C(O)Cc1nc(OC(F)(F)F)cc(F)c1CCl. The number of aliphatic carboxylic acids is 1. The maximum Gasteiger partial charge on any atom is 0.574 e. The van der Waals surface area contributed by atoms with E-state index >= 15 is 0 Å². The molecule has 0 unspecified atom stereocenters. The molecule has 1 heterocycles. The molecule has 0 saturated carbocycles. The minimum Gasteiger partial charge on any atom is -0.481 e. The van der Waals surface area contributed by atoms with E-state index in [0.717, 1.165) is 0 Å². The van der Waals surface area contributed by atoms with Crippen molar-refractivity contribution < 1.29 is 32.2 Å². The van der Waals surface area contributed by atoms with E-state index in [2.05, 4.69) is 9.72 Å². The van der Waals surface area contributed by atoms with Gasteiger partial charge in [0, 0.05) is 11.6 Å². The summed E-state index contributed by atoms with van der Waals surface area (Å²) in [5, 5.41) is 8.53. The van der Waals surface area contributed by atoms with Crippen LogP contribution in [0.5, 0.6) is 5.88 Å². The standard InChI is InChI=1S/C9H6ClF4NO3/c10-3-4-5(11)1-7(18-9(12,13)14)15-6(4)2-8(16)17/h1H,2-3H2,(H,16,17). The van der Waals surface area contributed by atoms with Gasteiger partial charge in [-0.3, -0.25) is 4.79 Å².